The summed E-state index contributed by atoms with van der Waals surface area (Å²) in [6.45, 7) is 2.07. The maximum atomic E-state index is 12.1. The highest BCUT2D eigenvalue weighted by molar-refractivity contribution is 8.01. The smallest absolute Gasteiger partial charge is 0.230 e. The number of fused-ring (bicyclic) bond motifs is 1. The summed E-state index contributed by atoms with van der Waals surface area (Å²) in [6.07, 6.45) is 5.24. The molecule has 3 rings (SSSR count). The first-order valence-corrected chi connectivity index (χ1v) is 9.41. The summed E-state index contributed by atoms with van der Waals surface area (Å²) >= 11 is 3.06. The van der Waals surface area contributed by atoms with Crippen LogP contribution in [0.2, 0.25) is 0 Å². The number of nitrogens with one attached hydrogen (secondary N) is 1. The zero-order valence-corrected chi connectivity index (χ0v) is 14.2. The van der Waals surface area contributed by atoms with Crippen LogP contribution in [0, 0.1) is 0 Å². The first kappa shape index (κ1) is 15.5. The Hall–Kier alpha value is -1.40. The summed E-state index contributed by atoms with van der Waals surface area (Å²) in [6, 6.07) is 6.44. The van der Waals surface area contributed by atoms with Gasteiger partial charge in [0.15, 0.2) is 4.34 Å². The Balaban J connectivity index is 1.61. The minimum atomic E-state index is -0.0278. The molecular formula is C16H19N3OS2. The summed E-state index contributed by atoms with van der Waals surface area (Å²) in [5.41, 5.74) is 3.93. The molecule has 1 N–H and O–H groups in total. The number of benzene rings is 1. The van der Waals surface area contributed by atoms with Crippen LogP contribution in [0.3, 0.4) is 0 Å². The van der Waals surface area contributed by atoms with Gasteiger partial charge in [0.25, 0.3) is 0 Å². The third-order valence-corrected chi connectivity index (χ3v) is 5.55. The number of nitrogens with zero attached hydrogens (tertiary/aromatic N) is 2. The highest BCUT2D eigenvalue weighted by atomic mass is 32.2. The second kappa shape index (κ2) is 7.24. The number of aromatic nitrogens is 2. The van der Waals surface area contributed by atoms with Gasteiger partial charge in [-0.2, -0.15) is 0 Å². The number of thioether (sulfide) groups is 1. The van der Waals surface area contributed by atoms with Gasteiger partial charge in [0.05, 0.1) is 6.42 Å². The number of amides is 1. The van der Waals surface area contributed by atoms with Crippen LogP contribution >= 0.6 is 23.1 Å². The van der Waals surface area contributed by atoms with Gasteiger partial charge in [-0.15, -0.1) is 10.2 Å². The molecule has 0 saturated heterocycles. The molecule has 2 aromatic rings. The minimum absolute atomic E-state index is 0.0278. The lowest BCUT2D eigenvalue weighted by Crippen LogP contribution is -2.15. The topological polar surface area (TPSA) is 54.9 Å². The van der Waals surface area contributed by atoms with Crippen LogP contribution in [-0.2, 0) is 24.1 Å². The minimum Gasteiger partial charge on any atom is -0.300 e. The molecule has 1 amide bonds. The van der Waals surface area contributed by atoms with Crippen LogP contribution in [0.25, 0.3) is 0 Å². The summed E-state index contributed by atoms with van der Waals surface area (Å²) in [7, 11) is 0. The van der Waals surface area contributed by atoms with Gasteiger partial charge in [0.2, 0.25) is 11.0 Å². The molecule has 22 heavy (non-hydrogen) atoms. The van der Waals surface area contributed by atoms with Crippen molar-refractivity contribution in [3.8, 4) is 0 Å². The molecule has 116 valence electrons. The fourth-order valence-corrected chi connectivity index (χ4v) is 4.35. The molecule has 6 heteroatoms. The highest BCUT2D eigenvalue weighted by Gasteiger charge is 2.12. The average molecular weight is 333 g/mol. The summed E-state index contributed by atoms with van der Waals surface area (Å²) in [5, 5.41) is 11.5. The lowest BCUT2D eigenvalue weighted by atomic mass is 9.90. The van der Waals surface area contributed by atoms with E-state index in [1.54, 1.807) is 11.8 Å². The van der Waals surface area contributed by atoms with E-state index in [1.165, 1.54) is 41.7 Å². The van der Waals surface area contributed by atoms with Crippen molar-refractivity contribution in [2.75, 3.05) is 11.1 Å². The highest BCUT2D eigenvalue weighted by Crippen LogP contribution is 2.25. The molecule has 0 spiro atoms. The molecule has 0 atom stereocenters. The van der Waals surface area contributed by atoms with Crippen molar-refractivity contribution in [3.63, 3.8) is 0 Å². The number of carbonyl (C=O) groups excluding carboxylic acids is 1. The predicted octanol–water partition coefficient (Wildman–Crippen LogP) is 3.71. The molecule has 0 radical (unpaired) electrons. The van der Waals surface area contributed by atoms with Crippen molar-refractivity contribution in [2.45, 2.75) is 43.4 Å². The van der Waals surface area contributed by atoms with Crippen molar-refractivity contribution in [1.82, 2.24) is 10.2 Å². The third-order valence-electron chi connectivity index (χ3n) is 3.70. The molecule has 1 heterocycles. The van der Waals surface area contributed by atoms with Gasteiger partial charge in [-0.3, -0.25) is 4.79 Å². The number of hydrogen-bond donors (Lipinski definition) is 1. The second-order valence-corrected chi connectivity index (χ2v) is 7.83. The number of carbonyl (C=O) groups is 1. The van der Waals surface area contributed by atoms with Crippen molar-refractivity contribution >= 4 is 34.1 Å². The van der Waals surface area contributed by atoms with Crippen LogP contribution in [0.1, 0.15) is 36.5 Å². The molecule has 1 aliphatic carbocycles. The van der Waals surface area contributed by atoms with Crippen molar-refractivity contribution in [3.05, 3.63) is 34.9 Å². The fourth-order valence-electron chi connectivity index (χ4n) is 2.69. The first-order valence-electron chi connectivity index (χ1n) is 7.61. The van der Waals surface area contributed by atoms with Gasteiger partial charge in [0, 0.05) is 0 Å². The van der Waals surface area contributed by atoms with E-state index in [4.69, 9.17) is 0 Å². The van der Waals surface area contributed by atoms with E-state index in [2.05, 4.69) is 40.6 Å². The molecule has 4 nitrogen and oxygen atoms in total. The van der Waals surface area contributed by atoms with Crippen LogP contribution < -0.4 is 5.32 Å². The van der Waals surface area contributed by atoms with E-state index in [9.17, 15) is 4.79 Å². The van der Waals surface area contributed by atoms with E-state index < -0.39 is 0 Å². The predicted molar refractivity (Wildman–Crippen MR) is 91.7 cm³/mol. The second-order valence-electron chi connectivity index (χ2n) is 5.34. The lowest BCUT2D eigenvalue weighted by Gasteiger charge is -2.16. The monoisotopic (exact) mass is 333 g/mol. The Kier molecular flexibility index (Phi) is 5.10. The van der Waals surface area contributed by atoms with Crippen molar-refractivity contribution in [1.29, 1.82) is 0 Å². The van der Waals surface area contributed by atoms with Gasteiger partial charge in [-0.05, 0) is 48.1 Å². The lowest BCUT2D eigenvalue weighted by molar-refractivity contribution is -0.115. The number of anilines is 1. The third kappa shape index (κ3) is 3.87. The maximum absolute atomic E-state index is 12.1. The molecule has 0 saturated carbocycles. The van der Waals surface area contributed by atoms with Crippen molar-refractivity contribution in [2.24, 2.45) is 0 Å². The standard InChI is InChI=1S/C16H19N3OS2/c1-2-21-16-19-18-15(22-16)17-14(20)10-11-7-8-12-5-3-4-6-13(12)9-11/h7-9H,2-6,10H2,1H3,(H,17,18,20). The van der Waals surface area contributed by atoms with Crippen LogP contribution in [0.15, 0.2) is 22.5 Å². The van der Waals surface area contributed by atoms with Gasteiger partial charge in [-0.25, -0.2) is 0 Å². The molecule has 1 aromatic carbocycles. The van der Waals surface area contributed by atoms with Crippen LogP contribution in [-0.4, -0.2) is 21.9 Å². The van der Waals surface area contributed by atoms with Gasteiger partial charge >= 0.3 is 0 Å². The molecular weight excluding hydrogens is 314 g/mol. The zero-order chi connectivity index (χ0) is 15.4. The maximum Gasteiger partial charge on any atom is 0.230 e. The zero-order valence-electron chi connectivity index (χ0n) is 12.6. The summed E-state index contributed by atoms with van der Waals surface area (Å²) in [5.74, 6) is 0.928. The normalized spacial score (nSPS) is 13.7. The molecule has 0 unspecified atom stereocenters. The summed E-state index contributed by atoms with van der Waals surface area (Å²) in [4.78, 5) is 12.1. The number of aryl methyl sites for hydroxylation is 2. The average Bonchev–Trinajstić information content (AvgIpc) is 2.94. The Morgan fingerprint density at radius 2 is 2.09 bits per heavy atom. The number of hydrogen-bond acceptors (Lipinski definition) is 5. The Bertz CT molecular complexity index is 669. The van der Waals surface area contributed by atoms with E-state index >= 15 is 0 Å². The molecule has 1 aliphatic rings. The van der Waals surface area contributed by atoms with Crippen LogP contribution in [0.5, 0.6) is 0 Å². The first-order chi connectivity index (χ1) is 10.7. The van der Waals surface area contributed by atoms with E-state index in [0.717, 1.165) is 22.1 Å². The van der Waals surface area contributed by atoms with E-state index in [0.29, 0.717) is 11.6 Å². The van der Waals surface area contributed by atoms with Gasteiger partial charge in [-0.1, -0.05) is 48.2 Å². The summed E-state index contributed by atoms with van der Waals surface area (Å²) < 4.78 is 0.895. The van der Waals surface area contributed by atoms with E-state index in [-0.39, 0.29) is 5.91 Å². The Labute approximate surface area is 138 Å². The quantitative estimate of drug-likeness (QED) is 0.669. The van der Waals surface area contributed by atoms with Gasteiger partial charge in [0.1, 0.15) is 0 Å². The van der Waals surface area contributed by atoms with E-state index in [1.807, 2.05) is 0 Å². The molecule has 1 aromatic heterocycles. The Morgan fingerprint density at radius 1 is 1.27 bits per heavy atom. The molecule has 0 bridgehead atoms. The fraction of sp³-hybridized carbons (Fsp3) is 0.438. The Morgan fingerprint density at radius 3 is 2.91 bits per heavy atom. The van der Waals surface area contributed by atoms with Crippen molar-refractivity contribution < 1.29 is 4.79 Å². The van der Waals surface area contributed by atoms with Crippen LogP contribution in [0.4, 0.5) is 5.13 Å². The molecule has 0 fully saturated rings. The SMILES string of the molecule is CCSc1nnc(NC(=O)Cc2ccc3c(c2)CCCC3)s1. The number of rotatable bonds is 5. The van der Waals surface area contributed by atoms with Gasteiger partial charge < -0.3 is 5.32 Å². The molecule has 0 aliphatic heterocycles. The largest absolute Gasteiger partial charge is 0.300 e.